The molecule has 0 amide bonds. The van der Waals surface area contributed by atoms with Crippen molar-refractivity contribution in [1.29, 1.82) is 0 Å². The predicted octanol–water partition coefficient (Wildman–Crippen LogP) is 2.22. The molecule has 1 saturated heterocycles. The maximum Gasteiger partial charge on any atom is 0.131 e. The molecule has 3 heterocycles. The highest BCUT2D eigenvalue weighted by atomic mass is 35.5. The third kappa shape index (κ3) is 4.48. The number of ether oxygens (including phenoxy) is 1. The number of hydrogen-bond acceptors (Lipinski definition) is 6. The van der Waals surface area contributed by atoms with E-state index in [4.69, 9.17) is 16.3 Å². The lowest BCUT2D eigenvalue weighted by Crippen LogP contribution is -2.25. The van der Waals surface area contributed by atoms with Crippen molar-refractivity contribution in [3.05, 3.63) is 34.5 Å². The zero-order valence-corrected chi connectivity index (χ0v) is 15.8. The molecular formula is C17H25ClN6O. The molecule has 3 rings (SSSR count). The van der Waals surface area contributed by atoms with Gasteiger partial charge in [0.05, 0.1) is 18.0 Å². The molecule has 1 aliphatic rings. The first-order valence-electron chi connectivity index (χ1n) is 8.54. The van der Waals surface area contributed by atoms with Crippen LogP contribution in [0.2, 0.25) is 5.15 Å². The highest BCUT2D eigenvalue weighted by molar-refractivity contribution is 6.30. The predicted molar refractivity (Wildman–Crippen MR) is 98.0 cm³/mol. The second kappa shape index (κ2) is 8.12. The number of aromatic nitrogens is 4. The van der Waals surface area contributed by atoms with Crippen LogP contribution in [-0.2, 0) is 18.3 Å². The van der Waals surface area contributed by atoms with Gasteiger partial charge in [-0.05, 0) is 20.4 Å². The van der Waals surface area contributed by atoms with Crippen LogP contribution < -0.4 is 5.32 Å². The molecule has 0 aliphatic carbocycles. The summed E-state index contributed by atoms with van der Waals surface area (Å²) in [5.41, 5.74) is 3.12. The molecule has 2 aromatic heterocycles. The number of halogens is 1. The molecule has 0 aromatic carbocycles. The second-order valence-corrected chi connectivity index (χ2v) is 6.89. The zero-order valence-electron chi connectivity index (χ0n) is 15.0. The maximum absolute atomic E-state index is 6.30. The quantitative estimate of drug-likeness (QED) is 0.812. The molecule has 1 atom stereocenters. The van der Waals surface area contributed by atoms with E-state index < -0.39 is 0 Å². The average molecular weight is 365 g/mol. The summed E-state index contributed by atoms with van der Waals surface area (Å²) in [5.74, 6) is 1.25. The average Bonchev–Trinajstić information content (AvgIpc) is 3.20. The molecule has 0 saturated carbocycles. The molecule has 0 radical (unpaired) electrons. The normalized spacial score (nSPS) is 17.4. The van der Waals surface area contributed by atoms with E-state index in [2.05, 4.69) is 32.3 Å². The Kier molecular flexibility index (Phi) is 5.88. The summed E-state index contributed by atoms with van der Waals surface area (Å²) in [6.07, 6.45) is 2.66. The van der Waals surface area contributed by atoms with E-state index in [-0.39, 0.29) is 0 Å². The van der Waals surface area contributed by atoms with Crippen molar-refractivity contribution in [2.75, 3.05) is 38.7 Å². The summed E-state index contributed by atoms with van der Waals surface area (Å²) in [6.45, 7) is 6.00. The van der Waals surface area contributed by atoms with Gasteiger partial charge in [-0.15, -0.1) is 0 Å². The standard InChI is InChI=1S/C17H25ClN6O/c1-12-14(17(18)24(3)22-12)9-23(2)6-5-19-16-8-15(20-11-21-16)13-4-7-25-10-13/h8,11,13H,4-7,9-10H2,1-3H3,(H,19,20,21). The first kappa shape index (κ1) is 18.1. The van der Waals surface area contributed by atoms with Gasteiger partial charge < -0.3 is 15.0 Å². The number of anilines is 1. The van der Waals surface area contributed by atoms with Crippen LogP contribution in [0.25, 0.3) is 0 Å². The Morgan fingerprint density at radius 3 is 2.96 bits per heavy atom. The highest BCUT2D eigenvalue weighted by Crippen LogP contribution is 2.24. The SMILES string of the molecule is Cc1nn(C)c(Cl)c1CN(C)CCNc1cc(C2CCOC2)ncn1. The van der Waals surface area contributed by atoms with Gasteiger partial charge in [0.1, 0.15) is 17.3 Å². The van der Waals surface area contributed by atoms with Gasteiger partial charge in [-0.3, -0.25) is 4.68 Å². The second-order valence-electron chi connectivity index (χ2n) is 6.53. The molecule has 7 nitrogen and oxygen atoms in total. The molecule has 1 fully saturated rings. The molecular weight excluding hydrogens is 340 g/mol. The monoisotopic (exact) mass is 364 g/mol. The molecule has 2 aromatic rings. The lowest BCUT2D eigenvalue weighted by atomic mass is 10.1. The summed E-state index contributed by atoms with van der Waals surface area (Å²) < 4.78 is 7.15. The third-order valence-electron chi connectivity index (χ3n) is 4.53. The Labute approximate surface area is 153 Å². The van der Waals surface area contributed by atoms with Crippen molar-refractivity contribution < 1.29 is 4.74 Å². The number of nitrogens with zero attached hydrogens (tertiary/aromatic N) is 5. The van der Waals surface area contributed by atoms with E-state index >= 15 is 0 Å². The minimum Gasteiger partial charge on any atom is -0.381 e. The minimum absolute atomic E-state index is 0.391. The van der Waals surface area contributed by atoms with Gasteiger partial charge in [0.15, 0.2) is 0 Å². The van der Waals surface area contributed by atoms with Gasteiger partial charge in [0.25, 0.3) is 0 Å². The summed E-state index contributed by atoms with van der Waals surface area (Å²) in [5, 5.41) is 8.43. The van der Waals surface area contributed by atoms with Crippen LogP contribution in [0.5, 0.6) is 0 Å². The van der Waals surface area contributed by atoms with E-state index in [1.54, 1.807) is 11.0 Å². The van der Waals surface area contributed by atoms with Gasteiger partial charge in [-0.2, -0.15) is 5.10 Å². The summed E-state index contributed by atoms with van der Waals surface area (Å²) in [6, 6.07) is 2.03. The molecule has 136 valence electrons. The van der Waals surface area contributed by atoms with Crippen LogP contribution in [0.15, 0.2) is 12.4 Å². The Morgan fingerprint density at radius 2 is 2.28 bits per heavy atom. The Morgan fingerprint density at radius 1 is 1.44 bits per heavy atom. The van der Waals surface area contributed by atoms with E-state index in [1.807, 2.05) is 20.0 Å². The van der Waals surface area contributed by atoms with Crippen molar-refractivity contribution in [3.8, 4) is 0 Å². The van der Waals surface area contributed by atoms with Crippen LogP contribution in [0.3, 0.4) is 0 Å². The molecule has 25 heavy (non-hydrogen) atoms. The number of likely N-dealkylation sites (N-methyl/N-ethyl adjacent to an activating group) is 1. The summed E-state index contributed by atoms with van der Waals surface area (Å²) in [4.78, 5) is 10.9. The zero-order chi connectivity index (χ0) is 17.8. The Bertz CT molecular complexity index is 713. The number of nitrogens with one attached hydrogen (secondary N) is 1. The molecule has 0 bridgehead atoms. The van der Waals surface area contributed by atoms with E-state index in [0.29, 0.717) is 11.1 Å². The summed E-state index contributed by atoms with van der Waals surface area (Å²) in [7, 11) is 3.94. The van der Waals surface area contributed by atoms with Crippen molar-refractivity contribution in [2.45, 2.75) is 25.8 Å². The fourth-order valence-electron chi connectivity index (χ4n) is 3.04. The maximum atomic E-state index is 6.30. The molecule has 1 aliphatic heterocycles. The fraction of sp³-hybridized carbons (Fsp3) is 0.588. The van der Waals surface area contributed by atoms with Gasteiger partial charge in [0, 0.05) is 50.8 Å². The number of rotatable bonds is 7. The number of hydrogen-bond donors (Lipinski definition) is 1. The summed E-state index contributed by atoms with van der Waals surface area (Å²) >= 11 is 6.30. The van der Waals surface area contributed by atoms with Crippen molar-refractivity contribution >= 4 is 17.4 Å². The van der Waals surface area contributed by atoms with E-state index in [0.717, 1.165) is 62.0 Å². The van der Waals surface area contributed by atoms with Crippen LogP contribution >= 0.6 is 11.6 Å². The lowest BCUT2D eigenvalue weighted by Gasteiger charge is -2.17. The lowest BCUT2D eigenvalue weighted by molar-refractivity contribution is 0.193. The van der Waals surface area contributed by atoms with Crippen LogP contribution in [0.4, 0.5) is 5.82 Å². The molecule has 8 heteroatoms. The van der Waals surface area contributed by atoms with E-state index in [1.165, 1.54) is 0 Å². The first-order chi connectivity index (χ1) is 12.0. The minimum atomic E-state index is 0.391. The Balaban J connectivity index is 1.50. The van der Waals surface area contributed by atoms with Gasteiger partial charge in [0.2, 0.25) is 0 Å². The molecule has 1 unspecified atom stereocenters. The Hall–Kier alpha value is -1.70. The fourth-order valence-corrected chi connectivity index (χ4v) is 3.27. The third-order valence-corrected chi connectivity index (χ3v) is 5.01. The topological polar surface area (TPSA) is 68.1 Å². The van der Waals surface area contributed by atoms with Crippen molar-refractivity contribution in [2.24, 2.45) is 7.05 Å². The van der Waals surface area contributed by atoms with Gasteiger partial charge in [-0.1, -0.05) is 11.6 Å². The molecule has 1 N–H and O–H groups in total. The highest BCUT2D eigenvalue weighted by Gasteiger charge is 2.19. The van der Waals surface area contributed by atoms with Crippen LogP contribution in [0, 0.1) is 6.92 Å². The largest absolute Gasteiger partial charge is 0.381 e. The molecule has 0 spiro atoms. The van der Waals surface area contributed by atoms with Crippen LogP contribution in [0.1, 0.15) is 29.3 Å². The van der Waals surface area contributed by atoms with Crippen molar-refractivity contribution in [3.63, 3.8) is 0 Å². The smallest absolute Gasteiger partial charge is 0.131 e. The van der Waals surface area contributed by atoms with E-state index in [9.17, 15) is 0 Å². The van der Waals surface area contributed by atoms with Crippen LogP contribution in [-0.4, -0.2) is 58.0 Å². The van der Waals surface area contributed by atoms with Gasteiger partial charge >= 0.3 is 0 Å². The van der Waals surface area contributed by atoms with Gasteiger partial charge in [-0.25, -0.2) is 9.97 Å². The number of aryl methyl sites for hydroxylation is 2. The van der Waals surface area contributed by atoms with Crippen molar-refractivity contribution in [1.82, 2.24) is 24.6 Å². The first-order valence-corrected chi connectivity index (χ1v) is 8.92.